The molecule has 1 atom stereocenters. The van der Waals surface area contributed by atoms with Crippen molar-refractivity contribution in [1.82, 2.24) is 0 Å². The molecule has 1 nitrogen and oxygen atoms in total. The van der Waals surface area contributed by atoms with Gasteiger partial charge >= 0.3 is 0 Å². The fourth-order valence-electron chi connectivity index (χ4n) is 1.87. The van der Waals surface area contributed by atoms with Crippen LogP contribution in [-0.2, 0) is 0 Å². The van der Waals surface area contributed by atoms with Gasteiger partial charge in [-0.15, -0.1) is 0 Å². The molecule has 0 fully saturated rings. The first-order valence-corrected chi connectivity index (χ1v) is 4.72. The van der Waals surface area contributed by atoms with Crippen molar-refractivity contribution in [2.24, 2.45) is 16.3 Å². The summed E-state index contributed by atoms with van der Waals surface area (Å²) in [6.07, 6.45) is 10.5. The Morgan fingerprint density at radius 3 is 2.77 bits per heavy atom. The van der Waals surface area contributed by atoms with Gasteiger partial charge in [0.05, 0.1) is 5.71 Å². The maximum atomic E-state index is 4.34. The fraction of sp³-hybridized carbons (Fsp3) is 0.417. The van der Waals surface area contributed by atoms with Crippen LogP contribution in [0.25, 0.3) is 0 Å². The van der Waals surface area contributed by atoms with Crippen LogP contribution in [0.4, 0.5) is 0 Å². The molecule has 0 saturated carbocycles. The topological polar surface area (TPSA) is 12.4 Å². The molecule has 1 heterocycles. The third-order valence-corrected chi connectivity index (χ3v) is 2.59. The Morgan fingerprint density at radius 1 is 1.31 bits per heavy atom. The van der Waals surface area contributed by atoms with E-state index in [1.165, 1.54) is 5.57 Å². The first-order chi connectivity index (χ1) is 6.09. The minimum atomic E-state index is 0.287. The molecule has 0 aromatic heterocycles. The van der Waals surface area contributed by atoms with Gasteiger partial charge in [0.25, 0.3) is 0 Å². The third kappa shape index (κ3) is 1.39. The summed E-state index contributed by atoms with van der Waals surface area (Å²) in [4.78, 5) is 4.34. The Balaban J connectivity index is 2.36. The monoisotopic (exact) mass is 173 g/mol. The molecule has 0 bridgehead atoms. The van der Waals surface area contributed by atoms with Crippen molar-refractivity contribution in [1.29, 1.82) is 0 Å². The van der Waals surface area contributed by atoms with Gasteiger partial charge in [0.15, 0.2) is 0 Å². The quantitative estimate of drug-likeness (QED) is 0.533. The lowest BCUT2D eigenvalue weighted by Gasteiger charge is -2.31. The van der Waals surface area contributed by atoms with Crippen LogP contribution in [0.3, 0.4) is 0 Å². The van der Waals surface area contributed by atoms with Crippen LogP contribution in [-0.4, -0.2) is 5.71 Å². The van der Waals surface area contributed by atoms with Crippen molar-refractivity contribution in [2.75, 3.05) is 0 Å². The highest BCUT2D eigenvalue weighted by molar-refractivity contribution is 6.12. The summed E-state index contributed by atoms with van der Waals surface area (Å²) in [5, 5.41) is 0. The molecule has 1 aliphatic heterocycles. The number of rotatable bonds is 0. The molecular weight excluding hydrogens is 158 g/mol. The molecule has 0 aromatic rings. The van der Waals surface area contributed by atoms with Crippen molar-refractivity contribution < 1.29 is 0 Å². The lowest BCUT2D eigenvalue weighted by atomic mass is 9.74. The van der Waals surface area contributed by atoms with E-state index >= 15 is 0 Å². The zero-order chi connectivity index (χ0) is 9.47. The summed E-state index contributed by atoms with van der Waals surface area (Å²) >= 11 is 0. The number of nitrogens with zero attached hydrogens (tertiary/aromatic N) is 1. The average molecular weight is 173 g/mol. The molecule has 0 N–H and O–H groups in total. The SMILES string of the molecule is CC(C)(C)C1C=CN=C2C=CC=C21. The van der Waals surface area contributed by atoms with Crippen molar-refractivity contribution in [3.63, 3.8) is 0 Å². The zero-order valence-corrected chi connectivity index (χ0v) is 8.41. The molecule has 1 heteroatoms. The number of fused-ring (bicyclic) bond motifs is 1. The largest absolute Gasteiger partial charge is 0.257 e. The maximum Gasteiger partial charge on any atom is 0.0667 e. The van der Waals surface area contributed by atoms with Crippen LogP contribution in [0.1, 0.15) is 20.8 Å². The summed E-state index contributed by atoms with van der Waals surface area (Å²) in [5.74, 6) is 0.509. The molecule has 0 radical (unpaired) electrons. The molecule has 0 spiro atoms. The van der Waals surface area contributed by atoms with Crippen LogP contribution in [0, 0.1) is 11.3 Å². The molecule has 0 amide bonds. The smallest absolute Gasteiger partial charge is 0.0667 e. The van der Waals surface area contributed by atoms with Crippen LogP contribution >= 0.6 is 0 Å². The molecule has 1 unspecified atom stereocenters. The molecule has 13 heavy (non-hydrogen) atoms. The van der Waals surface area contributed by atoms with Crippen LogP contribution in [0.5, 0.6) is 0 Å². The highest BCUT2D eigenvalue weighted by Crippen LogP contribution is 2.37. The summed E-state index contributed by atoms with van der Waals surface area (Å²) in [5.41, 5.74) is 2.80. The molecular formula is C12H15N. The van der Waals surface area contributed by atoms with Crippen molar-refractivity contribution >= 4 is 5.71 Å². The fourth-order valence-corrected chi connectivity index (χ4v) is 1.87. The van der Waals surface area contributed by atoms with Crippen molar-refractivity contribution in [3.05, 3.63) is 36.1 Å². The minimum absolute atomic E-state index is 0.287. The van der Waals surface area contributed by atoms with Gasteiger partial charge in [-0.3, -0.25) is 4.99 Å². The van der Waals surface area contributed by atoms with Crippen LogP contribution in [0.15, 0.2) is 41.1 Å². The number of allylic oxidation sites excluding steroid dienone is 5. The van der Waals surface area contributed by atoms with Crippen LogP contribution in [0.2, 0.25) is 0 Å². The predicted octanol–water partition coefficient (Wildman–Crippen LogP) is 3.11. The second-order valence-corrected chi connectivity index (χ2v) is 4.68. The molecule has 0 saturated heterocycles. The van der Waals surface area contributed by atoms with E-state index in [-0.39, 0.29) is 5.41 Å². The normalized spacial score (nSPS) is 25.6. The summed E-state index contributed by atoms with van der Waals surface area (Å²) in [6.45, 7) is 6.80. The Labute approximate surface area is 79.6 Å². The molecule has 2 rings (SSSR count). The van der Waals surface area contributed by atoms with E-state index in [2.05, 4.69) is 50.1 Å². The van der Waals surface area contributed by atoms with E-state index in [0.29, 0.717) is 5.92 Å². The molecule has 2 aliphatic rings. The first kappa shape index (κ1) is 8.49. The van der Waals surface area contributed by atoms with Gasteiger partial charge in [0, 0.05) is 12.1 Å². The van der Waals surface area contributed by atoms with Gasteiger partial charge < -0.3 is 0 Å². The van der Waals surface area contributed by atoms with Gasteiger partial charge in [0.1, 0.15) is 0 Å². The van der Waals surface area contributed by atoms with Gasteiger partial charge in [-0.1, -0.05) is 39.0 Å². The van der Waals surface area contributed by atoms with E-state index in [1.54, 1.807) is 0 Å². The third-order valence-electron chi connectivity index (χ3n) is 2.59. The summed E-state index contributed by atoms with van der Waals surface area (Å²) in [7, 11) is 0. The highest BCUT2D eigenvalue weighted by atomic mass is 14.7. The Morgan fingerprint density at radius 2 is 2.08 bits per heavy atom. The molecule has 0 aromatic carbocycles. The Kier molecular flexibility index (Phi) is 1.76. The lowest BCUT2D eigenvalue weighted by Crippen LogP contribution is -2.24. The van der Waals surface area contributed by atoms with Crippen LogP contribution < -0.4 is 0 Å². The zero-order valence-electron chi connectivity index (χ0n) is 8.41. The maximum absolute atomic E-state index is 4.34. The van der Waals surface area contributed by atoms with Gasteiger partial charge in [-0.05, 0) is 17.1 Å². The van der Waals surface area contributed by atoms with E-state index in [4.69, 9.17) is 0 Å². The van der Waals surface area contributed by atoms with Gasteiger partial charge in [-0.2, -0.15) is 0 Å². The number of aliphatic imine (C=N–C) groups is 1. The second kappa shape index (κ2) is 2.69. The van der Waals surface area contributed by atoms with E-state index in [9.17, 15) is 0 Å². The molecule has 68 valence electrons. The lowest BCUT2D eigenvalue weighted by molar-refractivity contribution is 0.336. The summed E-state index contributed by atoms with van der Waals surface area (Å²) in [6, 6.07) is 0. The molecule has 1 aliphatic carbocycles. The average Bonchev–Trinajstić information content (AvgIpc) is 2.48. The predicted molar refractivity (Wildman–Crippen MR) is 56.7 cm³/mol. The Hall–Kier alpha value is -1.11. The van der Waals surface area contributed by atoms with Crippen molar-refractivity contribution in [3.8, 4) is 0 Å². The Bertz CT molecular complexity index is 335. The van der Waals surface area contributed by atoms with E-state index in [1.807, 2.05) is 6.20 Å². The highest BCUT2D eigenvalue weighted by Gasteiger charge is 2.29. The van der Waals surface area contributed by atoms with Gasteiger partial charge in [-0.25, -0.2) is 0 Å². The standard InChI is InChI=1S/C12H15N/c1-12(2,3)10-7-8-13-11-6-4-5-9(10)11/h4-8,10H,1-3H3. The minimum Gasteiger partial charge on any atom is -0.257 e. The second-order valence-electron chi connectivity index (χ2n) is 4.68. The van der Waals surface area contributed by atoms with Crippen molar-refractivity contribution in [2.45, 2.75) is 20.8 Å². The summed E-state index contributed by atoms with van der Waals surface area (Å²) < 4.78 is 0. The number of hydrogen-bond donors (Lipinski definition) is 0. The number of hydrogen-bond acceptors (Lipinski definition) is 1. The van der Waals surface area contributed by atoms with E-state index < -0.39 is 0 Å². The first-order valence-electron chi connectivity index (χ1n) is 4.72. The van der Waals surface area contributed by atoms with Gasteiger partial charge in [0.2, 0.25) is 0 Å². The van der Waals surface area contributed by atoms with E-state index in [0.717, 1.165) is 5.71 Å².